The second-order valence-corrected chi connectivity index (χ2v) is 14.9. The largest absolute Gasteiger partial charge is 0.444 e. The summed E-state index contributed by atoms with van der Waals surface area (Å²) in [5.74, 6) is 0.224. The van der Waals surface area contributed by atoms with Gasteiger partial charge in [-0.05, 0) is 76.3 Å². The number of aromatic nitrogens is 2. The van der Waals surface area contributed by atoms with E-state index in [0.717, 1.165) is 63.5 Å². The lowest BCUT2D eigenvalue weighted by Crippen LogP contribution is -2.49. The number of benzene rings is 2. The average Bonchev–Trinajstić information content (AvgIpc) is 3.08. The van der Waals surface area contributed by atoms with E-state index in [2.05, 4.69) is 32.3 Å². The number of piperazine rings is 1. The van der Waals surface area contributed by atoms with Crippen LogP contribution in [0.1, 0.15) is 64.9 Å². The van der Waals surface area contributed by atoms with Crippen molar-refractivity contribution in [2.75, 3.05) is 70.8 Å². The third-order valence-corrected chi connectivity index (χ3v) is 9.73. The van der Waals surface area contributed by atoms with Gasteiger partial charge < -0.3 is 30.3 Å². The van der Waals surface area contributed by atoms with Crippen LogP contribution in [0.5, 0.6) is 0 Å². The standard InChI is InChI=1S/C38H55N7O5/c1-29(30-9-6-5-7-10-30)25-34(46)44-18-13-38(49,14-19-44)27-45-28-41-33-26-31(11-12-32(33)35(45)47)39-16-20-43-23-21-42(22-24-43)17-8-15-40-36(48)50-37(2,3)4/h5-7,9-12,26,28-29,39,49H,8,13-25,27H2,1-4H3,(H,40,48)/t29-/m1/s1. The zero-order chi connectivity index (χ0) is 35.7. The Morgan fingerprint density at radius 1 is 0.960 bits per heavy atom. The molecule has 0 unspecified atom stereocenters. The van der Waals surface area contributed by atoms with Crippen molar-refractivity contribution in [2.45, 2.75) is 77.0 Å². The number of ether oxygens (including phenoxy) is 1. The molecule has 1 atom stereocenters. The zero-order valence-corrected chi connectivity index (χ0v) is 30.2. The molecule has 2 aliphatic heterocycles. The van der Waals surface area contributed by atoms with Gasteiger partial charge in [0.05, 0.1) is 29.4 Å². The van der Waals surface area contributed by atoms with E-state index in [1.54, 1.807) is 6.07 Å². The highest BCUT2D eigenvalue weighted by atomic mass is 16.6. The molecular weight excluding hydrogens is 634 g/mol. The second kappa shape index (κ2) is 16.8. The van der Waals surface area contributed by atoms with Gasteiger partial charge in [0.1, 0.15) is 5.60 Å². The third kappa shape index (κ3) is 10.7. The first-order valence-electron chi connectivity index (χ1n) is 18.1. The Labute approximate surface area is 295 Å². The molecule has 2 fully saturated rings. The molecule has 50 heavy (non-hydrogen) atoms. The lowest BCUT2D eigenvalue weighted by Gasteiger charge is -2.38. The number of piperidine rings is 1. The van der Waals surface area contributed by atoms with Gasteiger partial charge in [0, 0.05) is 71.0 Å². The lowest BCUT2D eigenvalue weighted by atomic mass is 9.90. The number of amides is 2. The summed E-state index contributed by atoms with van der Waals surface area (Å²) >= 11 is 0. The molecular formula is C38H55N7O5. The van der Waals surface area contributed by atoms with E-state index in [-0.39, 0.29) is 30.0 Å². The average molecular weight is 690 g/mol. The highest BCUT2D eigenvalue weighted by Crippen LogP contribution is 2.27. The molecule has 2 aliphatic rings. The van der Waals surface area contributed by atoms with Crippen molar-refractivity contribution in [3.63, 3.8) is 0 Å². The smallest absolute Gasteiger partial charge is 0.407 e. The van der Waals surface area contributed by atoms with Crippen LogP contribution in [0.15, 0.2) is 59.7 Å². The number of anilines is 1. The van der Waals surface area contributed by atoms with Crippen LogP contribution in [0.3, 0.4) is 0 Å². The Hall–Kier alpha value is -4.00. The molecule has 2 aromatic carbocycles. The Kier molecular flexibility index (Phi) is 12.5. The highest BCUT2D eigenvalue weighted by Gasteiger charge is 2.35. The monoisotopic (exact) mass is 689 g/mol. The molecule has 0 aliphatic carbocycles. The number of carbonyl (C=O) groups is 2. The fraction of sp³-hybridized carbons (Fsp3) is 0.579. The number of fused-ring (bicyclic) bond motifs is 1. The van der Waals surface area contributed by atoms with Crippen molar-refractivity contribution in [1.29, 1.82) is 0 Å². The van der Waals surface area contributed by atoms with Crippen molar-refractivity contribution in [3.05, 3.63) is 70.8 Å². The van der Waals surface area contributed by atoms with Crippen LogP contribution >= 0.6 is 0 Å². The van der Waals surface area contributed by atoms with Crippen LogP contribution in [0.4, 0.5) is 10.5 Å². The van der Waals surface area contributed by atoms with E-state index in [4.69, 9.17) is 4.74 Å². The molecule has 3 aromatic rings. The first-order valence-corrected chi connectivity index (χ1v) is 18.1. The van der Waals surface area contributed by atoms with Crippen molar-refractivity contribution in [2.24, 2.45) is 0 Å². The van der Waals surface area contributed by atoms with Crippen LogP contribution in [0.2, 0.25) is 0 Å². The van der Waals surface area contributed by atoms with Crippen LogP contribution in [0, 0.1) is 0 Å². The van der Waals surface area contributed by atoms with Gasteiger partial charge in [0.15, 0.2) is 0 Å². The van der Waals surface area contributed by atoms with E-state index in [9.17, 15) is 19.5 Å². The highest BCUT2D eigenvalue weighted by molar-refractivity contribution is 5.81. The number of nitrogens with zero attached hydrogens (tertiary/aromatic N) is 5. The van der Waals surface area contributed by atoms with Crippen molar-refractivity contribution >= 4 is 28.6 Å². The van der Waals surface area contributed by atoms with Crippen LogP contribution in [-0.4, -0.2) is 118 Å². The minimum absolute atomic E-state index is 0.0955. The third-order valence-electron chi connectivity index (χ3n) is 9.73. The number of hydrogen-bond donors (Lipinski definition) is 3. The van der Waals surface area contributed by atoms with Gasteiger partial charge in [0.2, 0.25) is 5.91 Å². The summed E-state index contributed by atoms with van der Waals surface area (Å²) in [4.78, 5) is 49.4. The molecule has 1 aromatic heterocycles. The summed E-state index contributed by atoms with van der Waals surface area (Å²) in [6, 6.07) is 15.7. The van der Waals surface area contributed by atoms with Gasteiger partial charge in [-0.15, -0.1) is 0 Å². The molecule has 12 nitrogen and oxygen atoms in total. The summed E-state index contributed by atoms with van der Waals surface area (Å²) < 4.78 is 6.79. The number of carbonyl (C=O) groups excluding carboxylic acids is 2. The molecule has 5 rings (SSSR count). The predicted molar refractivity (Wildman–Crippen MR) is 196 cm³/mol. The molecule has 12 heteroatoms. The fourth-order valence-corrected chi connectivity index (χ4v) is 6.72. The maximum absolute atomic E-state index is 13.4. The van der Waals surface area contributed by atoms with E-state index < -0.39 is 11.2 Å². The van der Waals surface area contributed by atoms with E-state index in [1.807, 2.05) is 68.1 Å². The minimum Gasteiger partial charge on any atom is -0.444 e. The Balaban J connectivity index is 1.02. The van der Waals surface area contributed by atoms with Gasteiger partial charge in [-0.1, -0.05) is 37.3 Å². The van der Waals surface area contributed by atoms with Crippen molar-refractivity contribution < 1.29 is 19.4 Å². The Morgan fingerprint density at radius 2 is 1.64 bits per heavy atom. The normalized spacial score (nSPS) is 17.7. The summed E-state index contributed by atoms with van der Waals surface area (Å²) in [6.45, 7) is 15.9. The Morgan fingerprint density at radius 3 is 2.32 bits per heavy atom. The predicted octanol–water partition coefficient (Wildman–Crippen LogP) is 3.89. The van der Waals surface area contributed by atoms with Crippen LogP contribution in [0.25, 0.3) is 10.9 Å². The first kappa shape index (κ1) is 37.3. The lowest BCUT2D eigenvalue weighted by molar-refractivity contribution is -0.136. The summed E-state index contributed by atoms with van der Waals surface area (Å²) in [7, 11) is 0. The topological polar surface area (TPSA) is 132 Å². The first-order chi connectivity index (χ1) is 23.9. The zero-order valence-electron chi connectivity index (χ0n) is 30.2. The number of alkyl carbamates (subject to hydrolysis) is 1. The second-order valence-electron chi connectivity index (χ2n) is 14.9. The van der Waals surface area contributed by atoms with Gasteiger partial charge in [-0.3, -0.25) is 19.1 Å². The van der Waals surface area contributed by atoms with Crippen LogP contribution < -0.4 is 16.2 Å². The molecule has 0 bridgehead atoms. The maximum atomic E-state index is 13.4. The number of hydrogen-bond acceptors (Lipinski definition) is 9. The number of likely N-dealkylation sites (tertiary alicyclic amines) is 1. The van der Waals surface area contributed by atoms with Crippen molar-refractivity contribution in [3.8, 4) is 0 Å². The van der Waals surface area contributed by atoms with Gasteiger partial charge in [0.25, 0.3) is 5.56 Å². The quantitative estimate of drug-likeness (QED) is 0.229. The summed E-state index contributed by atoms with van der Waals surface area (Å²) in [6.07, 6.45) is 3.31. The SMILES string of the molecule is C[C@H](CC(=O)N1CCC(O)(Cn2cnc3cc(NCCN4CCN(CCCNC(=O)OC(C)(C)C)CC4)ccc3c2=O)CC1)c1ccccc1. The van der Waals surface area contributed by atoms with E-state index in [0.29, 0.717) is 49.8 Å². The van der Waals surface area contributed by atoms with Gasteiger partial charge in [-0.2, -0.15) is 0 Å². The van der Waals surface area contributed by atoms with Crippen molar-refractivity contribution in [1.82, 2.24) is 29.6 Å². The summed E-state index contributed by atoms with van der Waals surface area (Å²) in [5.41, 5.74) is 0.936. The number of nitrogens with one attached hydrogen (secondary N) is 2. The maximum Gasteiger partial charge on any atom is 0.407 e. The molecule has 2 saturated heterocycles. The molecule has 3 N–H and O–H groups in total. The fourth-order valence-electron chi connectivity index (χ4n) is 6.72. The summed E-state index contributed by atoms with van der Waals surface area (Å²) in [5, 5.41) is 18.2. The number of rotatable bonds is 13. The molecule has 3 heterocycles. The number of aliphatic hydroxyl groups is 1. The molecule has 272 valence electrons. The van der Waals surface area contributed by atoms with Gasteiger partial charge in [-0.25, -0.2) is 9.78 Å². The van der Waals surface area contributed by atoms with Gasteiger partial charge >= 0.3 is 6.09 Å². The molecule has 0 radical (unpaired) electrons. The molecule has 0 saturated carbocycles. The van der Waals surface area contributed by atoms with Crippen LogP contribution in [-0.2, 0) is 16.1 Å². The molecule has 2 amide bonds. The minimum atomic E-state index is -1.08. The molecule has 0 spiro atoms. The van der Waals surface area contributed by atoms with E-state index >= 15 is 0 Å². The van der Waals surface area contributed by atoms with E-state index in [1.165, 1.54) is 10.9 Å². The Bertz CT molecular complexity index is 1620.